The van der Waals surface area contributed by atoms with Gasteiger partial charge in [0.2, 0.25) is 0 Å². The van der Waals surface area contributed by atoms with Crippen LogP contribution in [0.15, 0.2) is 16.7 Å². The lowest BCUT2D eigenvalue weighted by atomic mass is 10.0. The molecule has 2 aromatic heterocycles. The second kappa shape index (κ2) is 3.38. The second-order valence-electron chi connectivity index (χ2n) is 4.88. The summed E-state index contributed by atoms with van der Waals surface area (Å²) in [5, 5.41) is 4.38. The summed E-state index contributed by atoms with van der Waals surface area (Å²) in [6.45, 7) is 3.74. The summed E-state index contributed by atoms with van der Waals surface area (Å²) < 4.78 is 2.58. The molecule has 0 spiro atoms. The average Bonchev–Trinajstić information content (AvgIpc) is 2.89. The van der Waals surface area contributed by atoms with Gasteiger partial charge in [0.1, 0.15) is 10.3 Å². The van der Waals surface area contributed by atoms with Crippen LogP contribution in [0, 0.1) is 0 Å². The second-order valence-corrected chi connectivity index (χ2v) is 5.69. The molecule has 3 rings (SSSR count). The standard InChI is InChI=1S/C12H12BrN3O/c1-7(17)8-5-9(12(2)3-4-12)16-11(14-8)6-10(13)15-16/h5-6H,3-4H2,1-2H3. The van der Waals surface area contributed by atoms with E-state index >= 15 is 0 Å². The topological polar surface area (TPSA) is 47.3 Å². The van der Waals surface area contributed by atoms with E-state index in [4.69, 9.17) is 0 Å². The molecular weight excluding hydrogens is 282 g/mol. The van der Waals surface area contributed by atoms with Crippen LogP contribution in [0.2, 0.25) is 0 Å². The summed E-state index contributed by atoms with van der Waals surface area (Å²) in [5.41, 5.74) is 2.48. The van der Waals surface area contributed by atoms with Gasteiger partial charge >= 0.3 is 0 Å². The van der Waals surface area contributed by atoms with E-state index in [9.17, 15) is 4.79 Å². The fraction of sp³-hybridized carbons (Fsp3) is 0.417. The minimum Gasteiger partial charge on any atom is -0.293 e. The number of halogens is 1. The van der Waals surface area contributed by atoms with E-state index in [1.54, 1.807) is 6.92 Å². The van der Waals surface area contributed by atoms with Gasteiger partial charge in [0.05, 0.1) is 5.69 Å². The average molecular weight is 294 g/mol. The number of ketones is 1. The van der Waals surface area contributed by atoms with E-state index in [2.05, 4.69) is 32.9 Å². The molecule has 88 valence electrons. The molecular formula is C12H12BrN3O. The van der Waals surface area contributed by atoms with Crippen molar-refractivity contribution >= 4 is 27.4 Å². The molecule has 0 unspecified atom stereocenters. The third-order valence-corrected chi connectivity index (χ3v) is 3.76. The predicted octanol–water partition coefficient (Wildman–Crippen LogP) is 2.75. The van der Waals surface area contributed by atoms with Gasteiger partial charge in [-0.25, -0.2) is 9.50 Å². The minimum atomic E-state index is -0.00433. The molecule has 0 atom stereocenters. The van der Waals surface area contributed by atoms with Gasteiger partial charge in [-0.3, -0.25) is 4.79 Å². The molecule has 1 saturated carbocycles. The van der Waals surface area contributed by atoms with E-state index < -0.39 is 0 Å². The summed E-state index contributed by atoms with van der Waals surface area (Å²) in [6, 6.07) is 3.71. The van der Waals surface area contributed by atoms with Crippen LogP contribution in [0.25, 0.3) is 5.65 Å². The van der Waals surface area contributed by atoms with E-state index in [1.165, 1.54) is 0 Å². The zero-order valence-corrected chi connectivity index (χ0v) is 11.3. The third kappa shape index (κ3) is 1.69. The van der Waals surface area contributed by atoms with Crippen LogP contribution in [-0.4, -0.2) is 20.4 Å². The molecule has 0 saturated heterocycles. The monoisotopic (exact) mass is 293 g/mol. The van der Waals surface area contributed by atoms with Crippen molar-refractivity contribution in [2.75, 3.05) is 0 Å². The van der Waals surface area contributed by atoms with E-state index in [-0.39, 0.29) is 11.2 Å². The fourth-order valence-corrected chi connectivity index (χ4v) is 2.36. The maximum Gasteiger partial charge on any atom is 0.178 e. The molecule has 2 aromatic rings. The lowest BCUT2D eigenvalue weighted by molar-refractivity contribution is 0.101. The zero-order valence-electron chi connectivity index (χ0n) is 9.70. The van der Waals surface area contributed by atoms with E-state index in [0.29, 0.717) is 5.69 Å². The molecule has 2 heterocycles. The molecule has 1 aliphatic carbocycles. The summed E-state index contributed by atoms with van der Waals surface area (Å²) in [6.07, 6.45) is 2.28. The van der Waals surface area contributed by atoms with Crippen molar-refractivity contribution in [3.8, 4) is 0 Å². The highest BCUT2D eigenvalue weighted by molar-refractivity contribution is 9.10. The largest absolute Gasteiger partial charge is 0.293 e. The Kier molecular flexibility index (Phi) is 2.17. The summed E-state index contributed by atoms with van der Waals surface area (Å²) >= 11 is 3.35. The third-order valence-electron chi connectivity index (χ3n) is 3.38. The highest BCUT2D eigenvalue weighted by Gasteiger charge is 2.42. The number of Topliss-reactive ketones (excluding diaryl/α,β-unsaturated/α-hetero) is 1. The SMILES string of the molecule is CC(=O)c1cc(C2(C)CC2)n2nc(Br)cc2n1. The molecule has 5 heteroatoms. The molecule has 0 amide bonds. The normalized spacial score (nSPS) is 17.4. The number of carbonyl (C=O) groups excluding carboxylic acids is 1. The highest BCUT2D eigenvalue weighted by Crippen LogP contribution is 2.47. The first-order valence-electron chi connectivity index (χ1n) is 5.57. The van der Waals surface area contributed by atoms with Crippen LogP contribution in [-0.2, 0) is 5.41 Å². The van der Waals surface area contributed by atoms with Crippen molar-refractivity contribution in [3.05, 3.63) is 28.1 Å². The van der Waals surface area contributed by atoms with Crippen LogP contribution >= 0.6 is 15.9 Å². The van der Waals surface area contributed by atoms with Crippen LogP contribution in [0.1, 0.15) is 42.9 Å². The number of nitrogens with zero attached hydrogens (tertiary/aromatic N) is 3. The molecule has 0 radical (unpaired) electrons. The van der Waals surface area contributed by atoms with Gasteiger partial charge in [-0.05, 0) is 34.8 Å². The maximum atomic E-state index is 11.5. The van der Waals surface area contributed by atoms with Gasteiger partial charge in [-0.2, -0.15) is 5.10 Å². The number of fused-ring (bicyclic) bond motifs is 1. The quantitative estimate of drug-likeness (QED) is 0.800. The number of hydrogen-bond donors (Lipinski definition) is 0. The maximum absolute atomic E-state index is 11.5. The first-order valence-corrected chi connectivity index (χ1v) is 6.37. The van der Waals surface area contributed by atoms with Gasteiger partial charge in [-0.1, -0.05) is 6.92 Å². The number of carbonyl (C=O) groups is 1. The molecule has 1 fully saturated rings. The molecule has 17 heavy (non-hydrogen) atoms. The molecule has 0 aliphatic heterocycles. The van der Waals surface area contributed by atoms with E-state index in [0.717, 1.165) is 28.8 Å². The van der Waals surface area contributed by atoms with Crippen molar-refractivity contribution in [1.29, 1.82) is 0 Å². The Morgan fingerprint density at radius 2 is 2.18 bits per heavy atom. The van der Waals surface area contributed by atoms with Crippen molar-refractivity contribution < 1.29 is 4.79 Å². The molecule has 0 N–H and O–H groups in total. The van der Waals surface area contributed by atoms with Gasteiger partial charge in [0.15, 0.2) is 11.4 Å². The Labute approximate surface area is 107 Å². The fourth-order valence-electron chi connectivity index (χ4n) is 2.00. The van der Waals surface area contributed by atoms with Crippen LogP contribution in [0.4, 0.5) is 0 Å². The summed E-state index contributed by atoms with van der Waals surface area (Å²) in [7, 11) is 0. The first-order chi connectivity index (χ1) is 7.99. The lowest BCUT2D eigenvalue weighted by Gasteiger charge is -2.11. The van der Waals surface area contributed by atoms with Crippen molar-refractivity contribution in [3.63, 3.8) is 0 Å². The molecule has 0 aromatic carbocycles. The summed E-state index contributed by atoms with van der Waals surface area (Å²) in [5.74, 6) is -0.00433. The molecule has 4 nitrogen and oxygen atoms in total. The first kappa shape index (κ1) is 10.9. The Bertz CT molecular complexity index is 628. The van der Waals surface area contributed by atoms with Crippen LogP contribution < -0.4 is 0 Å². The van der Waals surface area contributed by atoms with E-state index in [1.807, 2.05) is 16.6 Å². The van der Waals surface area contributed by atoms with Crippen LogP contribution in [0.3, 0.4) is 0 Å². The number of rotatable bonds is 2. The summed E-state index contributed by atoms with van der Waals surface area (Å²) in [4.78, 5) is 15.8. The van der Waals surface area contributed by atoms with Gasteiger partial charge in [0.25, 0.3) is 0 Å². The molecule has 1 aliphatic rings. The van der Waals surface area contributed by atoms with Crippen LogP contribution in [0.5, 0.6) is 0 Å². The number of hydrogen-bond acceptors (Lipinski definition) is 3. The zero-order chi connectivity index (χ0) is 12.2. The van der Waals surface area contributed by atoms with Crippen molar-refractivity contribution in [2.45, 2.75) is 32.1 Å². The van der Waals surface area contributed by atoms with Gasteiger partial charge < -0.3 is 0 Å². The molecule has 0 bridgehead atoms. The van der Waals surface area contributed by atoms with Crippen molar-refractivity contribution in [2.24, 2.45) is 0 Å². The number of aromatic nitrogens is 3. The Balaban J connectivity index is 2.33. The Morgan fingerprint density at radius 3 is 2.76 bits per heavy atom. The van der Waals surface area contributed by atoms with Gasteiger partial charge in [0, 0.05) is 18.4 Å². The highest BCUT2D eigenvalue weighted by atomic mass is 79.9. The van der Waals surface area contributed by atoms with Gasteiger partial charge in [-0.15, -0.1) is 0 Å². The smallest absolute Gasteiger partial charge is 0.178 e. The minimum absolute atomic E-state index is 0.00433. The predicted molar refractivity (Wildman–Crippen MR) is 67.3 cm³/mol. The lowest BCUT2D eigenvalue weighted by Crippen LogP contribution is -2.12. The van der Waals surface area contributed by atoms with Crippen molar-refractivity contribution in [1.82, 2.24) is 14.6 Å². The Hall–Kier alpha value is -1.23. The Morgan fingerprint density at radius 1 is 1.47 bits per heavy atom.